The molecule has 18 heavy (non-hydrogen) atoms. The molecule has 0 radical (unpaired) electrons. The van der Waals surface area contributed by atoms with Crippen LogP contribution in [-0.2, 0) is 0 Å². The lowest BCUT2D eigenvalue weighted by Crippen LogP contribution is -2.30. The Labute approximate surface area is 105 Å². The number of nitrogens with one attached hydrogen (secondary N) is 3. The lowest BCUT2D eigenvalue weighted by Gasteiger charge is -2.22. The zero-order valence-corrected chi connectivity index (χ0v) is 10.2. The van der Waals surface area contributed by atoms with E-state index < -0.39 is 0 Å². The van der Waals surface area contributed by atoms with Crippen molar-refractivity contribution in [3.8, 4) is 5.75 Å². The fraction of sp³-hybridized carbons (Fsp3) is 0.462. The molecule has 2 aromatic rings. The van der Waals surface area contributed by atoms with Gasteiger partial charge >= 0.3 is 5.69 Å². The number of aromatic nitrogens is 2. The van der Waals surface area contributed by atoms with E-state index in [-0.39, 0.29) is 5.69 Å². The first-order chi connectivity index (χ1) is 8.83. The maximum absolute atomic E-state index is 11.3. The molecule has 3 rings (SSSR count). The van der Waals surface area contributed by atoms with E-state index in [2.05, 4.69) is 15.3 Å². The number of fused-ring (bicyclic) bond motifs is 1. The summed E-state index contributed by atoms with van der Waals surface area (Å²) < 4.78 is 5.85. The minimum Gasteiger partial charge on any atom is -0.491 e. The fourth-order valence-electron chi connectivity index (χ4n) is 2.41. The molecule has 0 atom stereocenters. The number of benzene rings is 1. The van der Waals surface area contributed by atoms with Crippen molar-refractivity contribution >= 4 is 11.0 Å². The van der Waals surface area contributed by atoms with Gasteiger partial charge in [0, 0.05) is 0 Å². The lowest BCUT2D eigenvalue weighted by molar-refractivity contribution is 0.217. The molecule has 1 fully saturated rings. The van der Waals surface area contributed by atoms with Crippen molar-refractivity contribution < 1.29 is 4.74 Å². The largest absolute Gasteiger partial charge is 0.491 e. The van der Waals surface area contributed by atoms with E-state index in [1.807, 2.05) is 18.2 Å². The van der Waals surface area contributed by atoms with Gasteiger partial charge in [-0.25, -0.2) is 4.79 Å². The summed E-state index contributed by atoms with van der Waals surface area (Å²) in [5, 5.41) is 3.34. The Balaban J connectivity index is 1.75. The van der Waals surface area contributed by atoms with Crippen LogP contribution in [0.4, 0.5) is 0 Å². The summed E-state index contributed by atoms with van der Waals surface area (Å²) in [6, 6.07) is 5.65. The van der Waals surface area contributed by atoms with E-state index >= 15 is 0 Å². The Morgan fingerprint density at radius 1 is 1.22 bits per heavy atom. The third kappa shape index (κ3) is 2.26. The summed E-state index contributed by atoms with van der Waals surface area (Å²) in [6.07, 6.45) is 2.30. The van der Waals surface area contributed by atoms with Crippen LogP contribution in [0.2, 0.25) is 0 Å². The summed E-state index contributed by atoms with van der Waals surface area (Å²) in [7, 11) is 0. The standard InChI is InChI=1S/C13H17N3O2/c17-13-15-10-2-1-3-11(12(10)16-13)18-8-9-4-6-14-7-5-9/h1-3,9,14H,4-8H2,(H2,15,16,17). The molecule has 0 saturated carbocycles. The fourth-order valence-corrected chi connectivity index (χ4v) is 2.41. The van der Waals surface area contributed by atoms with Gasteiger partial charge < -0.3 is 20.0 Å². The van der Waals surface area contributed by atoms with Crippen molar-refractivity contribution in [2.75, 3.05) is 19.7 Å². The summed E-state index contributed by atoms with van der Waals surface area (Å²) in [5.41, 5.74) is 1.36. The van der Waals surface area contributed by atoms with E-state index in [1.54, 1.807) is 0 Å². The minimum absolute atomic E-state index is 0.192. The molecule has 0 amide bonds. The highest BCUT2D eigenvalue weighted by molar-refractivity contribution is 5.80. The molecular formula is C13H17N3O2. The van der Waals surface area contributed by atoms with E-state index in [0.717, 1.165) is 42.7 Å². The molecule has 5 heteroatoms. The number of piperidine rings is 1. The van der Waals surface area contributed by atoms with Crippen molar-refractivity contribution in [2.24, 2.45) is 5.92 Å². The molecule has 0 bridgehead atoms. The molecule has 2 heterocycles. The zero-order valence-electron chi connectivity index (χ0n) is 10.2. The zero-order chi connectivity index (χ0) is 12.4. The van der Waals surface area contributed by atoms with Gasteiger partial charge in [0.1, 0.15) is 11.3 Å². The monoisotopic (exact) mass is 247 g/mol. The van der Waals surface area contributed by atoms with Gasteiger partial charge in [0.25, 0.3) is 0 Å². The Hall–Kier alpha value is -1.75. The molecule has 5 nitrogen and oxygen atoms in total. The van der Waals surface area contributed by atoms with Crippen LogP contribution in [0.1, 0.15) is 12.8 Å². The van der Waals surface area contributed by atoms with Gasteiger partial charge in [-0.15, -0.1) is 0 Å². The van der Waals surface area contributed by atoms with E-state index in [4.69, 9.17) is 4.74 Å². The van der Waals surface area contributed by atoms with Crippen molar-refractivity contribution in [3.05, 3.63) is 28.7 Å². The van der Waals surface area contributed by atoms with Crippen molar-refractivity contribution in [1.29, 1.82) is 0 Å². The van der Waals surface area contributed by atoms with Gasteiger partial charge in [0.15, 0.2) is 0 Å². The van der Waals surface area contributed by atoms with E-state index in [0.29, 0.717) is 12.5 Å². The second kappa shape index (κ2) is 4.86. The van der Waals surface area contributed by atoms with Gasteiger partial charge in [-0.3, -0.25) is 0 Å². The van der Waals surface area contributed by atoms with Crippen LogP contribution >= 0.6 is 0 Å². The van der Waals surface area contributed by atoms with Crippen molar-refractivity contribution in [3.63, 3.8) is 0 Å². The van der Waals surface area contributed by atoms with Crippen molar-refractivity contribution in [2.45, 2.75) is 12.8 Å². The number of H-pyrrole nitrogens is 2. The molecule has 0 spiro atoms. The minimum atomic E-state index is -0.192. The summed E-state index contributed by atoms with van der Waals surface area (Å²) in [6.45, 7) is 2.85. The van der Waals surface area contributed by atoms with Crippen LogP contribution in [0.3, 0.4) is 0 Å². The molecular weight excluding hydrogens is 230 g/mol. The second-order valence-corrected chi connectivity index (χ2v) is 4.76. The summed E-state index contributed by atoms with van der Waals surface area (Å²) in [5.74, 6) is 1.36. The third-order valence-electron chi connectivity index (χ3n) is 3.45. The van der Waals surface area contributed by atoms with Gasteiger partial charge in [-0.2, -0.15) is 0 Å². The quantitative estimate of drug-likeness (QED) is 0.764. The van der Waals surface area contributed by atoms with Gasteiger partial charge in [-0.1, -0.05) is 6.07 Å². The first kappa shape index (κ1) is 11.3. The van der Waals surface area contributed by atoms with E-state index in [1.165, 1.54) is 0 Å². The Bertz CT molecular complexity index is 581. The van der Waals surface area contributed by atoms with Crippen LogP contribution in [-0.4, -0.2) is 29.7 Å². The maximum atomic E-state index is 11.3. The highest BCUT2D eigenvalue weighted by atomic mass is 16.5. The summed E-state index contributed by atoms with van der Waals surface area (Å²) >= 11 is 0. The van der Waals surface area contributed by atoms with Crippen molar-refractivity contribution in [1.82, 2.24) is 15.3 Å². The van der Waals surface area contributed by atoms with E-state index in [9.17, 15) is 4.79 Å². The number of hydrogen-bond donors (Lipinski definition) is 3. The van der Waals surface area contributed by atoms with Crippen LogP contribution in [0.5, 0.6) is 5.75 Å². The predicted octanol–water partition coefficient (Wildman–Crippen LogP) is 1.23. The Kier molecular flexibility index (Phi) is 3.06. The number of aromatic amines is 2. The molecule has 1 saturated heterocycles. The molecule has 1 aliphatic heterocycles. The highest BCUT2D eigenvalue weighted by Gasteiger charge is 2.14. The Morgan fingerprint density at radius 2 is 2.06 bits per heavy atom. The smallest absolute Gasteiger partial charge is 0.323 e. The molecule has 0 unspecified atom stereocenters. The first-order valence-electron chi connectivity index (χ1n) is 6.37. The Morgan fingerprint density at radius 3 is 2.89 bits per heavy atom. The number of rotatable bonds is 3. The average molecular weight is 247 g/mol. The van der Waals surface area contributed by atoms with Gasteiger partial charge in [0.05, 0.1) is 12.1 Å². The first-order valence-corrected chi connectivity index (χ1v) is 6.37. The second-order valence-electron chi connectivity index (χ2n) is 4.76. The summed E-state index contributed by atoms with van der Waals surface area (Å²) in [4.78, 5) is 16.8. The topological polar surface area (TPSA) is 69.9 Å². The van der Waals surface area contributed by atoms with Crippen LogP contribution in [0.15, 0.2) is 23.0 Å². The number of hydrogen-bond acceptors (Lipinski definition) is 3. The highest BCUT2D eigenvalue weighted by Crippen LogP contribution is 2.22. The molecule has 0 aliphatic carbocycles. The maximum Gasteiger partial charge on any atom is 0.323 e. The lowest BCUT2D eigenvalue weighted by atomic mass is 9.99. The van der Waals surface area contributed by atoms with Crippen LogP contribution in [0, 0.1) is 5.92 Å². The normalized spacial score (nSPS) is 17.1. The van der Waals surface area contributed by atoms with Gasteiger partial charge in [-0.05, 0) is 44.0 Å². The predicted molar refractivity (Wildman–Crippen MR) is 70.0 cm³/mol. The number of ether oxygens (including phenoxy) is 1. The average Bonchev–Trinajstić information content (AvgIpc) is 2.78. The third-order valence-corrected chi connectivity index (χ3v) is 3.45. The number of imidazole rings is 1. The molecule has 1 aromatic carbocycles. The van der Waals surface area contributed by atoms with Crippen LogP contribution in [0.25, 0.3) is 11.0 Å². The SMILES string of the molecule is O=c1[nH]c2cccc(OCC3CCNCC3)c2[nH]1. The van der Waals surface area contributed by atoms with Crippen LogP contribution < -0.4 is 15.7 Å². The van der Waals surface area contributed by atoms with Gasteiger partial charge in [0.2, 0.25) is 0 Å². The molecule has 96 valence electrons. The molecule has 1 aromatic heterocycles. The number of para-hydroxylation sites is 1. The molecule has 3 N–H and O–H groups in total. The molecule has 1 aliphatic rings.